The van der Waals surface area contributed by atoms with Crippen molar-refractivity contribution in [3.8, 4) is 0 Å². The zero-order chi connectivity index (χ0) is 22.0. The Bertz CT molecular complexity index is 540. The molecule has 0 aromatic rings. The van der Waals surface area contributed by atoms with Crippen LogP contribution in [0.25, 0.3) is 0 Å². The number of carbonyl (C=O) groups excluding carboxylic acids is 1. The van der Waals surface area contributed by atoms with Crippen LogP contribution >= 0.6 is 0 Å². The van der Waals surface area contributed by atoms with Gasteiger partial charge in [-0.3, -0.25) is 4.79 Å². The second kappa shape index (κ2) is 13.4. The quantitative estimate of drug-likeness (QED) is 0.314. The minimum absolute atomic E-state index is 0.000525. The van der Waals surface area contributed by atoms with Crippen LogP contribution in [0.4, 0.5) is 0 Å². The third-order valence-corrected chi connectivity index (χ3v) is 8.21. The molecular weight excluding hydrogens is 404 g/mol. The molecule has 0 N–H and O–H groups in total. The van der Waals surface area contributed by atoms with E-state index in [0.717, 1.165) is 64.8 Å². The van der Waals surface area contributed by atoms with Gasteiger partial charge in [-0.2, -0.15) is 0 Å². The van der Waals surface area contributed by atoms with E-state index in [2.05, 4.69) is 0 Å². The average Bonchev–Trinajstić information content (AvgIpc) is 3.32. The van der Waals surface area contributed by atoms with Gasteiger partial charge in [0, 0.05) is 32.7 Å². The molecule has 5 nitrogen and oxygen atoms in total. The summed E-state index contributed by atoms with van der Waals surface area (Å²) in [5.41, 5.74) is 0. The number of rotatable bonds is 13. The molecule has 2 aliphatic carbocycles. The monoisotopic (exact) mass is 450 g/mol. The van der Waals surface area contributed by atoms with Crippen LogP contribution in [0.15, 0.2) is 0 Å². The van der Waals surface area contributed by atoms with Gasteiger partial charge in [0.2, 0.25) is 0 Å². The van der Waals surface area contributed by atoms with E-state index in [4.69, 9.17) is 18.9 Å². The van der Waals surface area contributed by atoms with Crippen LogP contribution in [0.1, 0.15) is 109 Å². The summed E-state index contributed by atoms with van der Waals surface area (Å²) in [6.07, 6.45) is 20.1. The second-order valence-electron chi connectivity index (χ2n) is 10.7. The van der Waals surface area contributed by atoms with Crippen molar-refractivity contribution in [2.45, 2.75) is 128 Å². The maximum atomic E-state index is 12.0. The topological polar surface area (TPSA) is 54.0 Å². The number of fused-ring (bicyclic) bond motifs is 1. The average molecular weight is 451 g/mol. The van der Waals surface area contributed by atoms with Crippen LogP contribution in [-0.4, -0.2) is 44.3 Å². The van der Waals surface area contributed by atoms with Gasteiger partial charge in [-0.25, -0.2) is 0 Å². The molecule has 0 aromatic carbocycles. The van der Waals surface area contributed by atoms with Crippen molar-refractivity contribution in [3.63, 3.8) is 0 Å². The lowest BCUT2D eigenvalue weighted by molar-refractivity contribution is -0.196. The summed E-state index contributed by atoms with van der Waals surface area (Å²) >= 11 is 0. The molecule has 32 heavy (non-hydrogen) atoms. The van der Waals surface area contributed by atoms with Gasteiger partial charge in [0.15, 0.2) is 12.6 Å². The van der Waals surface area contributed by atoms with E-state index in [-0.39, 0.29) is 12.6 Å². The molecule has 2 saturated carbocycles. The van der Waals surface area contributed by atoms with Crippen molar-refractivity contribution in [2.24, 2.45) is 17.8 Å². The first kappa shape index (κ1) is 24.6. The van der Waals surface area contributed by atoms with Crippen molar-refractivity contribution in [1.29, 1.82) is 0 Å². The lowest BCUT2D eigenvalue weighted by Crippen LogP contribution is -2.31. The van der Waals surface area contributed by atoms with Crippen molar-refractivity contribution in [1.82, 2.24) is 0 Å². The summed E-state index contributed by atoms with van der Waals surface area (Å²) < 4.78 is 23.8. The van der Waals surface area contributed by atoms with Crippen LogP contribution in [0.5, 0.6) is 0 Å². The highest BCUT2D eigenvalue weighted by molar-refractivity contribution is 5.81. The highest BCUT2D eigenvalue weighted by atomic mass is 16.7. The largest absolute Gasteiger partial charge is 0.353 e. The van der Waals surface area contributed by atoms with Crippen LogP contribution in [-0.2, 0) is 23.7 Å². The first-order chi connectivity index (χ1) is 15.8. The first-order valence-corrected chi connectivity index (χ1v) is 13.8. The Morgan fingerprint density at radius 2 is 1.47 bits per heavy atom. The molecule has 6 atom stereocenters. The van der Waals surface area contributed by atoms with Gasteiger partial charge in [0.1, 0.15) is 5.78 Å². The fraction of sp³-hybridized carbons (Fsp3) is 0.963. The van der Waals surface area contributed by atoms with Crippen molar-refractivity contribution in [3.05, 3.63) is 0 Å². The lowest BCUT2D eigenvalue weighted by atomic mass is 9.87. The maximum absolute atomic E-state index is 12.0. The van der Waals surface area contributed by atoms with E-state index in [1.807, 2.05) is 0 Å². The van der Waals surface area contributed by atoms with E-state index < -0.39 is 0 Å². The summed E-state index contributed by atoms with van der Waals surface area (Å²) in [5.74, 6) is 2.19. The molecule has 0 spiro atoms. The number of ketones is 1. The predicted octanol–water partition coefficient (Wildman–Crippen LogP) is 6.18. The van der Waals surface area contributed by atoms with Gasteiger partial charge in [-0.05, 0) is 75.5 Å². The summed E-state index contributed by atoms with van der Waals surface area (Å²) in [7, 11) is 0. The Labute approximate surface area is 195 Å². The minimum atomic E-state index is -0.000525. The van der Waals surface area contributed by atoms with Gasteiger partial charge in [-0.15, -0.1) is 0 Å². The van der Waals surface area contributed by atoms with Crippen LogP contribution in [0, 0.1) is 17.8 Å². The number of carbonyl (C=O) groups is 1. The predicted molar refractivity (Wildman–Crippen MR) is 124 cm³/mol. The Kier molecular flexibility index (Phi) is 10.3. The molecule has 4 aliphatic rings. The third kappa shape index (κ3) is 7.51. The van der Waals surface area contributed by atoms with Gasteiger partial charge in [0.05, 0.1) is 6.10 Å². The summed E-state index contributed by atoms with van der Waals surface area (Å²) in [5, 5.41) is 0. The normalized spacial score (nSPS) is 35.3. The van der Waals surface area contributed by atoms with Gasteiger partial charge in [0.25, 0.3) is 0 Å². The Morgan fingerprint density at radius 3 is 2.19 bits per heavy atom. The molecular formula is C27H46O5. The molecule has 2 heterocycles. The van der Waals surface area contributed by atoms with E-state index in [9.17, 15) is 4.79 Å². The Balaban J connectivity index is 1.06. The van der Waals surface area contributed by atoms with Gasteiger partial charge >= 0.3 is 0 Å². The molecule has 2 unspecified atom stereocenters. The number of Topliss-reactive ketones (excluding diaryl/α,β-unsaturated/α-hetero) is 1. The maximum Gasteiger partial charge on any atom is 0.157 e. The molecule has 0 radical (unpaired) electrons. The molecule has 0 bridgehead atoms. The molecule has 2 saturated heterocycles. The van der Waals surface area contributed by atoms with E-state index >= 15 is 0 Å². The lowest BCUT2D eigenvalue weighted by Gasteiger charge is -2.30. The molecule has 4 fully saturated rings. The SMILES string of the molecule is O=C1C[C@H]2C[C@@H](OC3CCCCO3)[C@H](CCCCCCCCCOC3CCCCO3)[C@H]2C1. The molecule has 0 aromatic heterocycles. The third-order valence-electron chi connectivity index (χ3n) is 8.21. The Hall–Kier alpha value is -0.490. The number of unbranched alkanes of at least 4 members (excludes halogenated alkanes) is 6. The zero-order valence-electron chi connectivity index (χ0n) is 20.1. The van der Waals surface area contributed by atoms with Gasteiger partial charge < -0.3 is 18.9 Å². The molecule has 5 heteroatoms. The fourth-order valence-corrected chi connectivity index (χ4v) is 6.46. The van der Waals surface area contributed by atoms with Crippen LogP contribution in [0.3, 0.4) is 0 Å². The number of ether oxygens (including phenoxy) is 4. The van der Waals surface area contributed by atoms with Crippen molar-refractivity contribution in [2.75, 3.05) is 19.8 Å². The summed E-state index contributed by atoms with van der Waals surface area (Å²) in [6.45, 7) is 2.55. The van der Waals surface area contributed by atoms with E-state index in [0.29, 0.717) is 29.6 Å². The fourth-order valence-electron chi connectivity index (χ4n) is 6.46. The summed E-state index contributed by atoms with van der Waals surface area (Å²) in [4.78, 5) is 12.0. The summed E-state index contributed by atoms with van der Waals surface area (Å²) in [6, 6.07) is 0. The molecule has 0 amide bonds. The first-order valence-electron chi connectivity index (χ1n) is 13.8. The molecule has 4 rings (SSSR count). The highest BCUT2D eigenvalue weighted by Gasteiger charge is 2.48. The van der Waals surface area contributed by atoms with Crippen molar-refractivity contribution < 1.29 is 23.7 Å². The van der Waals surface area contributed by atoms with Crippen molar-refractivity contribution >= 4 is 5.78 Å². The number of hydrogen-bond donors (Lipinski definition) is 0. The zero-order valence-corrected chi connectivity index (χ0v) is 20.1. The number of hydrogen-bond acceptors (Lipinski definition) is 5. The van der Waals surface area contributed by atoms with Crippen LogP contribution < -0.4 is 0 Å². The highest BCUT2D eigenvalue weighted by Crippen LogP contribution is 2.49. The Morgan fingerprint density at radius 1 is 0.781 bits per heavy atom. The second-order valence-corrected chi connectivity index (χ2v) is 10.7. The van der Waals surface area contributed by atoms with Gasteiger partial charge in [-0.1, -0.05) is 38.5 Å². The standard InChI is InChI=1S/C27H46O5/c28-22-18-21-19-25(32-27-14-8-11-17-31-27)23(24(21)20-22)12-6-4-2-1-3-5-9-15-29-26-13-7-10-16-30-26/h21,23-27H,1-20H2/t21-,23+,24-,25+,26?,27?/m0/s1. The minimum Gasteiger partial charge on any atom is -0.353 e. The van der Waals surface area contributed by atoms with E-state index in [1.165, 1.54) is 64.2 Å². The van der Waals surface area contributed by atoms with E-state index in [1.54, 1.807) is 0 Å². The molecule has 2 aliphatic heterocycles. The molecule has 184 valence electrons. The smallest absolute Gasteiger partial charge is 0.157 e. The van der Waals surface area contributed by atoms with Crippen LogP contribution in [0.2, 0.25) is 0 Å².